The number of carbonyl (C=O) groups is 1. The smallest absolute Gasteiger partial charge is 0.314 e. The first-order chi connectivity index (χ1) is 11.5. The average Bonchev–Trinajstić information content (AvgIpc) is 2.63. The van der Waals surface area contributed by atoms with E-state index in [1.54, 1.807) is 0 Å². The number of fused-ring (bicyclic) bond motifs is 1. The summed E-state index contributed by atoms with van der Waals surface area (Å²) in [5.74, 6) is 0. The van der Waals surface area contributed by atoms with Crippen LogP contribution in [0.3, 0.4) is 0 Å². The summed E-state index contributed by atoms with van der Waals surface area (Å²) in [6.07, 6.45) is 2.33. The largest absolute Gasteiger partial charge is 0.388 e. The second-order valence-corrected chi connectivity index (χ2v) is 6.83. The Morgan fingerprint density at radius 3 is 2.58 bits per heavy atom. The van der Waals surface area contributed by atoms with Crippen LogP contribution in [0.2, 0.25) is 0 Å². The monoisotopic (exact) mass is 333 g/mol. The van der Waals surface area contributed by atoms with E-state index in [1.807, 2.05) is 13.8 Å². The maximum absolute atomic E-state index is 12.0. The van der Waals surface area contributed by atoms with Gasteiger partial charge < -0.3 is 15.7 Å². The quantitative estimate of drug-likeness (QED) is 0.717. The molecule has 1 atom stereocenters. The van der Waals surface area contributed by atoms with Crippen molar-refractivity contribution < 1.29 is 9.90 Å². The Kier molecular flexibility index (Phi) is 6.63. The van der Waals surface area contributed by atoms with Crippen LogP contribution in [0.1, 0.15) is 44.7 Å². The third kappa shape index (κ3) is 4.95. The molecule has 2 amide bonds. The van der Waals surface area contributed by atoms with Gasteiger partial charge in [0.25, 0.3) is 0 Å². The van der Waals surface area contributed by atoms with E-state index in [0.717, 1.165) is 19.5 Å². The number of benzene rings is 1. The predicted molar refractivity (Wildman–Crippen MR) is 97.0 cm³/mol. The molecule has 0 aliphatic carbocycles. The molecule has 134 valence electrons. The van der Waals surface area contributed by atoms with Gasteiger partial charge in [-0.3, -0.25) is 4.90 Å². The van der Waals surface area contributed by atoms with E-state index < -0.39 is 5.60 Å². The normalized spacial score (nSPS) is 16.3. The van der Waals surface area contributed by atoms with Gasteiger partial charge in [0.05, 0.1) is 5.60 Å². The van der Waals surface area contributed by atoms with Gasteiger partial charge in [-0.25, -0.2) is 4.79 Å². The zero-order chi connectivity index (χ0) is 17.6. The maximum atomic E-state index is 12.0. The molecular weight excluding hydrogens is 302 g/mol. The van der Waals surface area contributed by atoms with E-state index in [1.165, 1.54) is 11.1 Å². The standard InChI is InChI=1S/C19H31N3O2/c1-4-19(24,5-2)14-21-18(23)20-12-15(3)22-11-10-16-8-6-7-9-17(16)13-22/h6-9,15,24H,4-5,10-14H2,1-3H3,(H2,20,21,23). The number of aliphatic hydroxyl groups is 1. The first kappa shape index (κ1) is 18.7. The van der Waals surface area contributed by atoms with Gasteiger partial charge in [-0.15, -0.1) is 0 Å². The van der Waals surface area contributed by atoms with E-state index in [9.17, 15) is 9.90 Å². The molecular formula is C19H31N3O2. The molecule has 1 aliphatic heterocycles. The van der Waals surface area contributed by atoms with Crippen LogP contribution in [0.25, 0.3) is 0 Å². The lowest BCUT2D eigenvalue weighted by Crippen LogP contribution is -2.49. The molecule has 2 rings (SSSR count). The highest BCUT2D eigenvalue weighted by Crippen LogP contribution is 2.20. The van der Waals surface area contributed by atoms with Crippen molar-refractivity contribution in [1.29, 1.82) is 0 Å². The van der Waals surface area contributed by atoms with Crippen LogP contribution in [-0.2, 0) is 13.0 Å². The molecule has 24 heavy (non-hydrogen) atoms. The van der Waals surface area contributed by atoms with Crippen LogP contribution < -0.4 is 10.6 Å². The summed E-state index contributed by atoms with van der Waals surface area (Å²) in [6.45, 7) is 8.85. The molecule has 1 aromatic rings. The summed E-state index contributed by atoms with van der Waals surface area (Å²) in [5, 5.41) is 15.9. The predicted octanol–water partition coefficient (Wildman–Crippen LogP) is 2.28. The lowest BCUT2D eigenvalue weighted by Gasteiger charge is -2.34. The van der Waals surface area contributed by atoms with E-state index in [2.05, 4.69) is 46.7 Å². The highest BCUT2D eigenvalue weighted by molar-refractivity contribution is 5.73. The summed E-state index contributed by atoms with van der Waals surface area (Å²) in [6, 6.07) is 8.63. The van der Waals surface area contributed by atoms with Crippen LogP contribution >= 0.6 is 0 Å². The van der Waals surface area contributed by atoms with E-state index in [4.69, 9.17) is 0 Å². The second-order valence-electron chi connectivity index (χ2n) is 6.83. The molecule has 0 aromatic heterocycles. The Morgan fingerprint density at radius 2 is 1.92 bits per heavy atom. The summed E-state index contributed by atoms with van der Waals surface area (Å²) >= 11 is 0. The minimum atomic E-state index is -0.806. The molecule has 1 aliphatic rings. The summed E-state index contributed by atoms with van der Waals surface area (Å²) in [4.78, 5) is 14.4. The van der Waals surface area contributed by atoms with Gasteiger partial charge in [0.2, 0.25) is 0 Å². The van der Waals surface area contributed by atoms with Gasteiger partial charge in [-0.1, -0.05) is 38.1 Å². The molecule has 0 radical (unpaired) electrons. The van der Waals surface area contributed by atoms with Crippen molar-refractivity contribution in [3.8, 4) is 0 Å². The SMILES string of the molecule is CCC(O)(CC)CNC(=O)NCC(C)N1CCc2ccccc2C1. The fraction of sp³-hybridized carbons (Fsp3) is 0.632. The van der Waals surface area contributed by atoms with Crippen molar-refractivity contribution in [2.45, 2.75) is 58.2 Å². The molecule has 3 N–H and O–H groups in total. The lowest BCUT2D eigenvalue weighted by molar-refractivity contribution is 0.0349. The molecule has 0 spiro atoms. The number of nitrogens with zero attached hydrogens (tertiary/aromatic N) is 1. The molecule has 5 heteroatoms. The molecule has 1 aromatic carbocycles. The maximum Gasteiger partial charge on any atom is 0.314 e. The minimum absolute atomic E-state index is 0.209. The van der Waals surface area contributed by atoms with Gasteiger partial charge in [0, 0.05) is 32.2 Å². The van der Waals surface area contributed by atoms with Crippen LogP contribution in [0.15, 0.2) is 24.3 Å². The highest BCUT2D eigenvalue weighted by atomic mass is 16.3. The topological polar surface area (TPSA) is 64.6 Å². The van der Waals surface area contributed by atoms with E-state index >= 15 is 0 Å². The van der Waals surface area contributed by atoms with E-state index in [0.29, 0.717) is 19.4 Å². The third-order valence-electron chi connectivity index (χ3n) is 5.24. The first-order valence-corrected chi connectivity index (χ1v) is 9.02. The van der Waals surface area contributed by atoms with Gasteiger partial charge in [-0.05, 0) is 37.3 Å². The summed E-state index contributed by atoms with van der Waals surface area (Å²) in [7, 11) is 0. The fourth-order valence-electron chi connectivity index (χ4n) is 3.07. The molecule has 0 saturated carbocycles. The number of urea groups is 1. The second kappa shape index (κ2) is 8.49. The summed E-state index contributed by atoms with van der Waals surface area (Å²) < 4.78 is 0. The minimum Gasteiger partial charge on any atom is -0.388 e. The van der Waals surface area contributed by atoms with Crippen LogP contribution in [0.5, 0.6) is 0 Å². The van der Waals surface area contributed by atoms with Gasteiger partial charge in [0.1, 0.15) is 0 Å². The molecule has 0 fully saturated rings. The van der Waals surface area contributed by atoms with Crippen molar-refractivity contribution in [3.05, 3.63) is 35.4 Å². The number of amides is 2. The first-order valence-electron chi connectivity index (χ1n) is 9.02. The van der Waals surface area contributed by atoms with Crippen molar-refractivity contribution in [2.75, 3.05) is 19.6 Å². The van der Waals surface area contributed by atoms with Gasteiger partial charge in [0.15, 0.2) is 0 Å². The average molecular weight is 333 g/mol. The molecule has 0 saturated heterocycles. The van der Waals surface area contributed by atoms with Gasteiger partial charge in [-0.2, -0.15) is 0 Å². The van der Waals surface area contributed by atoms with Crippen molar-refractivity contribution in [3.63, 3.8) is 0 Å². The van der Waals surface area contributed by atoms with Crippen molar-refractivity contribution >= 4 is 6.03 Å². The van der Waals surface area contributed by atoms with Crippen LogP contribution in [0.4, 0.5) is 4.79 Å². The zero-order valence-corrected chi connectivity index (χ0v) is 15.1. The van der Waals surface area contributed by atoms with Gasteiger partial charge >= 0.3 is 6.03 Å². The number of rotatable bonds is 7. The molecule has 5 nitrogen and oxygen atoms in total. The van der Waals surface area contributed by atoms with Crippen LogP contribution in [-0.4, -0.2) is 47.3 Å². The number of nitrogens with one attached hydrogen (secondary N) is 2. The van der Waals surface area contributed by atoms with Crippen molar-refractivity contribution in [2.24, 2.45) is 0 Å². The Morgan fingerprint density at radius 1 is 1.25 bits per heavy atom. The summed E-state index contributed by atoms with van der Waals surface area (Å²) in [5.41, 5.74) is 2.01. The number of carbonyl (C=O) groups excluding carboxylic acids is 1. The molecule has 1 heterocycles. The lowest BCUT2D eigenvalue weighted by atomic mass is 9.98. The highest BCUT2D eigenvalue weighted by Gasteiger charge is 2.23. The van der Waals surface area contributed by atoms with Crippen LogP contribution in [0, 0.1) is 0 Å². The van der Waals surface area contributed by atoms with Crippen molar-refractivity contribution in [1.82, 2.24) is 15.5 Å². The Balaban J connectivity index is 1.75. The fourth-order valence-corrected chi connectivity index (χ4v) is 3.07. The Labute approximate surface area is 145 Å². The molecule has 0 bridgehead atoms. The number of hydrogen-bond donors (Lipinski definition) is 3. The Bertz CT molecular complexity index is 543. The molecule has 1 unspecified atom stereocenters. The Hall–Kier alpha value is -1.59. The zero-order valence-electron chi connectivity index (χ0n) is 15.1. The third-order valence-corrected chi connectivity index (χ3v) is 5.24. The number of hydrogen-bond acceptors (Lipinski definition) is 3. The van der Waals surface area contributed by atoms with E-state index in [-0.39, 0.29) is 18.6 Å².